The van der Waals surface area contributed by atoms with Crippen LogP contribution in [0, 0.1) is 0 Å². The van der Waals surface area contributed by atoms with Gasteiger partial charge in [0.2, 0.25) is 0 Å². The number of para-hydroxylation sites is 1. The monoisotopic (exact) mass is 451 g/mol. The molecule has 31 heavy (non-hydrogen) atoms. The molecule has 0 radical (unpaired) electrons. The molecule has 0 aliphatic carbocycles. The lowest BCUT2D eigenvalue weighted by Gasteiger charge is -2.36. The van der Waals surface area contributed by atoms with Gasteiger partial charge in [0.15, 0.2) is 0 Å². The van der Waals surface area contributed by atoms with Crippen LogP contribution in [-0.4, -0.2) is 19.6 Å². The average molecular weight is 452 g/mol. The predicted molar refractivity (Wildman–Crippen MR) is 138 cm³/mol. The summed E-state index contributed by atoms with van der Waals surface area (Å²) in [6.45, 7) is 10.7. The first-order valence-electron chi connectivity index (χ1n) is 13.7. The van der Waals surface area contributed by atoms with E-state index in [1.807, 2.05) is 0 Å². The van der Waals surface area contributed by atoms with Crippen LogP contribution in [-0.2, 0) is 0 Å². The lowest BCUT2D eigenvalue weighted by Crippen LogP contribution is -3.00. The molecule has 0 unspecified atom stereocenters. The maximum Gasteiger partial charge on any atom is 0.132 e. The van der Waals surface area contributed by atoms with Crippen molar-refractivity contribution < 1.29 is 12.4 Å². The van der Waals surface area contributed by atoms with Gasteiger partial charge in [0.25, 0.3) is 0 Å². The summed E-state index contributed by atoms with van der Waals surface area (Å²) in [4.78, 5) is 0. The minimum atomic E-state index is 0. The molecule has 182 valence electrons. The fourth-order valence-electron chi connectivity index (χ4n) is 4.92. The lowest BCUT2D eigenvalue weighted by molar-refractivity contribution is -0.00000659. The Kier molecular flexibility index (Phi) is 21.0. The Hall–Kier alpha value is -0.530. The fraction of sp³-hybridized carbons (Fsp3) is 0.793. The van der Waals surface area contributed by atoms with Gasteiger partial charge in [0, 0.05) is 0 Å². The van der Waals surface area contributed by atoms with Crippen LogP contribution in [0.2, 0.25) is 0 Å². The highest BCUT2D eigenvalue weighted by Crippen LogP contribution is 2.24. The zero-order valence-corrected chi connectivity index (χ0v) is 22.1. The summed E-state index contributed by atoms with van der Waals surface area (Å²) in [5.41, 5.74) is 1.50. The van der Waals surface area contributed by atoms with Gasteiger partial charge >= 0.3 is 0 Å². The van der Waals surface area contributed by atoms with Crippen molar-refractivity contribution in [2.24, 2.45) is 0 Å². The quantitative estimate of drug-likeness (QED) is 0.144. The highest BCUT2D eigenvalue weighted by Gasteiger charge is 2.25. The third-order valence-electron chi connectivity index (χ3n) is 7.20. The van der Waals surface area contributed by atoms with Crippen LogP contribution in [0.4, 0.5) is 5.69 Å². The van der Waals surface area contributed by atoms with Crippen molar-refractivity contribution in [2.45, 2.75) is 130 Å². The Morgan fingerprint density at radius 3 is 1.19 bits per heavy atom. The van der Waals surface area contributed by atoms with Gasteiger partial charge in [-0.1, -0.05) is 121 Å². The molecule has 0 saturated heterocycles. The minimum Gasteiger partial charge on any atom is -1.00 e. The number of rotatable bonds is 21. The van der Waals surface area contributed by atoms with Crippen molar-refractivity contribution in [1.29, 1.82) is 0 Å². The number of hydrogen-bond acceptors (Lipinski definition) is 0. The summed E-state index contributed by atoms with van der Waals surface area (Å²) in [5, 5.41) is 0. The van der Waals surface area contributed by atoms with Crippen molar-refractivity contribution in [3.05, 3.63) is 30.3 Å². The molecule has 0 spiro atoms. The molecule has 0 aliphatic heterocycles. The molecule has 2 heteroatoms. The summed E-state index contributed by atoms with van der Waals surface area (Å²) in [6, 6.07) is 11.2. The standard InChI is InChI=1S/C29H54N.ClH/c1-4-7-8-9-10-11-12-13-14-15-16-17-18-19-20-21-25-28-30(5-2,6-3)29-26-23-22-24-27-29;/h22-24,26-27H,4-21,25,28H2,1-3H3;1H/q+1;/p-1. The molecule has 0 aliphatic rings. The van der Waals surface area contributed by atoms with Crippen molar-refractivity contribution >= 4 is 5.69 Å². The zero-order chi connectivity index (χ0) is 21.8. The smallest absolute Gasteiger partial charge is 0.132 e. The first-order valence-corrected chi connectivity index (χ1v) is 13.7. The van der Waals surface area contributed by atoms with E-state index in [4.69, 9.17) is 0 Å². The third-order valence-corrected chi connectivity index (χ3v) is 7.20. The molecule has 0 bridgehead atoms. The SMILES string of the molecule is CCCCCCCCCCCCCCCCCCC[N+](CC)(CC)c1ccccc1.[Cl-]. The first kappa shape index (κ1) is 30.5. The maximum atomic E-state index is 2.35. The Bertz CT molecular complexity index is 469. The molecule has 0 aromatic heterocycles. The normalized spacial score (nSPS) is 11.5. The van der Waals surface area contributed by atoms with Gasteiger partial charge in [-0.2, -0.15) is 0 Å². The molecular weight excluding hydrogens is 398 g/mol. The lowest BCUT2D eigenvalue weighted by atomic mass is 10.0. The molecule has 0 amide bonds. The van der Waals surface area contributed by atoms with Gasteiger partial charge in [0.05, 0.1) is 19.6 Å². The topological polar surface area (TPSA) is 0 Å². The Balaban J connectivity index is 0.00000900. The molecule has 0 fully saturated rings. The first-order chi connectivity index (χ1) is 14.8. The van der Waals surface area contributed by atoms with E-state index in [2.05, 4.69) is 51.1 Å². The van der Waals surface area contributed by atoms with E-state index >= 15 is 0 Å². The summed E-state index contributed by atoms with van der Waals surface area (Å²) < 4.78 is 1.15. The molecule has 1 nitrogen and oxygen atoms in total. The number of nitrogens with zero attached hydrogens (tertiary/aromatic N) is 1. The van der Waals surface area contributed by atoms with Gasteiger partial charge in [-0.15, -0.1) is 0 Å². The van der Waals surface area contributed by atoms with E-state index in [-0.39, 0.29) is 12.4 Å². The molecule has 1 aromatic rings. The van der Waals surface area contributed by atoms with Crippen molar-refractivity contribution in [3.8, 4) is 0 Å². The molecule has 0 atom stereocenters. The largest absolute Gasteiger partial charge is 1.00 e. The Labute approximate surface area is 202 Å². The van der Waals surface area contributed by atoms with Crippen LogP contribution in [0.1, 0.15) is 130 Å². The highest BCUT2D eigenvalue weighted by atomic mass is 35.5. The Morgan fingerprint density at radius 1 is 0.484 bits per heavy atom. The van der Waals surface area contributed by atoms with Crippen molar-refractivity contribution in [1.82, 2.24) is 4.48 Å². The minimum absolute atomic E-state index is 0. The molecule has 0 saturated carbocycles. The second-order valence-electron chi connectivity index (χ2n) is 9.49. The number of hydrogen-bond donors (Lipinski definition) is 0. The summed E-state index contributed by atoms with van der Waals surface area (Å²) in [5.74, 6) is 0. The molecule has 0 heterocycles. The molecule has 1 rings (SSSR count). The van der Waals surface area contributed by atoms with Crippen molar-refractivity contribution in [3.63, 3.8) is 0 Å². The summed E-state index contributed by atoms with van der Waals surface area (Å²) >= 11 is 0. The molecular formula is C29H54ClN. The highest BCUT2D eigenvalue weighted by molar-refractivity contribution is 5.42. The number of halogens is 1. The van der Waals surface area contributed by atoms with Crippen LogP contribution in [0.25, 0.3) is 0 Å². The van der Waals surface area contributed by atoms with Gasteiger partial charge in [-0.3, -0.25) is 4.48 Å². The maximum absolute atomic E-state index is 2.35. The van der Waals surface area contributed by atoms with Crippen LogP contribution in [0.3, 0.4) is 0 Å². The van der Waals surface area contributed by atoms with Crippen LogP contribution < -0.4 is 16.9 Å². The number of benzene rings is 1. The summed E-state index contributed by atoms with van der Waals surface area (Å²) in [7, 11) is 0. The zero-order valence-electron chi connectivity index (χ0n) is 21.4. The van der Waals surface area contributed by atoms with E-state index in [0.29, 0.717) is 0 Å². The van der Waals surface area contributed by atoms with E-state index in [1.54, 1.807) is 0 Å². The second-order valence-corrected chi connectivity index (χ2v) is 9.49. The van der Waals surface area contributed by atoms with Crippen LogP contribution in [0.5, 0.6) is 0 Å². The van der Waals surface area contributed by atoms with E-state index in [0.717, 1.165) is 4.48 Å². The van der Waals surface area contributed by atoms with Crippen LogP contribution in [0.15, 0.2) is 30.3 Å². The van der Waals surface area contributed by atoms with E-state index < -0.39 is 0 Å². The van der Waals surface area contributed by atoms with E-state index in [9.17, 15) is 0 Å². The second kappa shape index (κ2) is 21.3. The van der Waals surface area contributed by atoms with Crippen molar-refractivity contribution in [2.75, 3.05) is 19.6 Å². The van der Waals surface area contributed by atoms with Gasteiger partial charge in [0.1, 0.15) is 5.69 Å². The average Bonchev–Trinajstić information content (AvgIpc) is 2.79. The third kappa shape index (κ3) is 14.3. The predicted octanol–water partition coefficient (Wildman–Crippen LogP) is 6.69. The fourth-order valence-corrected chi connectivity index (χ4v) is 4.92. The van der Waals surface area contributed by atoms with E-state index in [1.165, 1.54) is 134 Å². The Morgan fingerprint density at radius 2 is 0.839 bits per heavy atom. The van der Waals surface area contributed by atoms with Crippen LogP contribution >= 0.6 is 0 Å². The van der Waals surface area contributed by atoms with Gasteiger partial charge < -0.3 is 12.4 Å². The number of quaternary nitrogens is 1. The summed E-state index contributed by atoms with van der Waals surface area (Å²) in [6.07, 6.45) is 24.6. The molecule has 1 aromatic carbocycles. The number of unbranched alkanes of at least 4 members (excludes halogenated alkanes) is 16. The van der Waals surface area contributed by atoms with Gasteiger partial charge in [-0.25, -0.2) is 0 Å². The molecule has 0 N–H and O–H groups in total. The van der Waals surface area contributed by atoms with Gasteiger partial charge in [-0.05, 0) is 38.8 Å².